The molecule has 2 N–H and O–H groups in total. The van der Waals surface area contributed by atoms with Crippen LogP contribution in [0.4, 0.5) is 10.5 Å². The molecule has 7 heteroatoms. The molecule has 0 spiro atoms. The van der Waals surface area contributed by atoms with E-state index in [0.717, 1.165) is 23.1 Å². The number of nitrogens with one attached hydrogen (secondary N) is 1. The highest BCUT2D eigenvalue weighted by molar-refractivity contribution is 5.92. The number of carbonyl (C=O) groups excluding carboxylic acids is 1. The fourth-order valence-corrected chi connectivity index (χ4v) is 2.81. The molecule has 2 amide bonds. The van der Waals surface area contributed by atoms with E-state index in [1.165, 1.54) is 0 Å². The normalized spacial score (nSPS) is 22.1. The second kappa shape index (κ2) is 5.57. The zero-order valence-corrected chi connectivity index (χ0v) is 13.1. The third-order valence-electron chi connectivity index (χ3n) is 4.32. The first-order valence-electron chi connectivity index (χ1n) is 7.49. The number of aromatic nitrogens is 3. The van der Waals surface area contributed by atoms with Crippen molar-refractivity contribution < 1.29 is 9.90 Å². The number of β-amino-alcohol motifs (C(OH)–C–C–N with tert-alkyl or cyclic N) is 1. The Hall–Kier alpha value is -2.15. The van der Waals surface area contributed by atoms with Crippen molar-refractivity contribution in [2.45, 2.75) is 26.4 Å². The molecular weight excluding hydrogens is 282 g/mol. The summed E-state index contributed by atoms with van der Waals surface area (Å²) in [6.45, 7) is 4.95. The Morgan fingerprint density at radius 3 is 3.00 bits per heavy atom. The van der Waals surface area contributed by atoms with Gasteiger partial charge in [-0.3, -0.25) is 4.68 Å². The van der Waals surface area contributed by atoms with E-state index < -0.39 is 6.10 Å². The lowest BCUT2D eigenvalue weighted by atomic mass is 9.96. The number of anilines is 1. The zero-order chi connectivity index (χ0) is 15.9. The Kier molecular flexibility index (Phi) is 3.74. The van der Waals surface area contributed by atoms with Gasteiger partial charge in [-0.2, -0.15) is 5.10 Å². The Morgan fingerprint density at radius 1 is 1.50 bits per heavy atom. The first kappa shape index (κ1) is 14.8. The SMILES string of the molecule is Cc1nn(C)c2ncc(NC(=O)N3CCC(C)C(O)C3)cc12. The number of fused-ring (bicyclic) bond motifs is 1. The highest BCUT2D eigenvalue weighted by Crippen LogP contribution is 2.21. The molecule has 1 fully saturated rings. The lowest BCUT2D eigenvalue weighted by Crippen LogP contribution is -2.47. The fraction of sp³-hybridized carbons (Fsp3) is 0.533. The smallest absolute Gasteiger partial charge is 0.321 e. The van der Waals surface area contributed by atoms with Crippen LogP contribution in [0.25, 0.3) is 11.0 Å². The van der Waals surface area contributed by atoms with Crippen LogP contribution < -0.4 is 5.32 Å². The van der Waals surface area contributed by atoms with Crippen LogP contribution in [0.2, 0.25) is 0 Å². The third-order valence-corrected chi connectivity index (χ3v) is 4.32. The van der Waals surface area contributed by atoms with E-state index in [4.69, 9.17) is 0 Å². The van der Waals surface area contributed by atoms with Gasteiger partial charge < -0.3 is 15.3 Å². The van der Waals surface area contributed by atoms with Gasteiger partial charge >= 0.3 is 6.03 Å². The summed E-state index contributed by atoms with van der Waals surface area (Å²) in [4.78, 5) is 18.3. The molecule has 1 aliphatic rings. The van der Waals surface area contributed by atoms with Gasteiger partial charge in [0.05, 0.1) is 23.7 Å². The monoisotopic (exact) mass is 303 g/mol. The number of rotatable bonds is 1. The molecule has 2 atom stereocenters. The number of hydrogen-bond acceptors (Lipinski definition) is 4. The summed E-state index contributed by atoms with van der Waals surface area (Å²) in [7, 11) is 1.84. The van der Waals surface area contributed by atoms with E-state index in [9.17, 15) is 9.90 Å². The second-order valence-corrected chi connectivity index (χ2v) is 6.01. The fourth-order valence-electron chi connectivity index (χ4n) is 2.81. The molecule has 0 aliphatic carbocycles. The van der Waals surface area contributed by atoms with Gasteiger partial charge in [-0.1, -0.05) is 6.92 Å². The highest BCUT2D eigenvalue weighted by Gasteiger charge is 2.27. The highest BCUT2D eigenvalue weighted by atomic mass is 16.3. The number of aliphatic hydroxyl groups is 1. The topological polar surface area (TPSA) is 83.3 Å². The number of piperidine rings is 1. The molecule has 3 heterocycles. The molecule has 0 aromatic carbocycles. The maximum atomic E-state index is 12.3. The minimum atomic E-state index is -0.458. The average molecular weight is 303 g/mol. The molecule has 2 unspecified atom stereocenters. The molecule has 118 valence electrons. The Balaban J connectivity index is 1.75. The summed E-state index contributed by atoms with van der Waals surface area (Å²) < 4.78 is 1.72. The number of amides is 2. The Bertz CT molecular complexity index is 711. The van der Waals surface area contributed by atoms with E-state index >= 15 is 0 Å². The molecule has 0 bridgehead atoms. The average Bonchev–Trinajstić information content (AvgIpc) is 2.76. The molecule has 3 rings (SSSR count). The largest absolute Gasteiger partial charge is 0.391 e. The summed E-state index contributed by atoms with van der Waals surface area (Å²) in [6.07, 6.45) is 1.98. The molecule has 0 radical (unpaired) electrons. The first-order valence-corrected chi connectivity index (χ1v) is 7.49. The van der Waals surface area contributed by atoms with Crippen LogP contribution in [0.1, 0.15) is 19.0 Å². The van der Waals surface area contributed by atoms with Crippen LogP contribution in [-0.4, -0.2) is 50.0 Å². The maximum Gasteiger partial charge on any atom is 0.321 e. The summed E-state index contributed by atoms with van der Waals surface area (Å²) in [6, 6.07) is 1.68. The van der Waals surface area contributed by atoms with Crippen molar-refractivity contribution in [1.29, 1.82) is 0 Å². The summed E-state index contributed by atoms with van der Waals surface area (Å²) in [5, 5.41) is 18.0. The number of aliphatic hydroxyl groups excluding tert-OH is 1. The summed E-state index contributed by atoms with van der Waals surface area (Å²) in [5.74, 6) is 0.236. The standard InChI is InChI=1S/C15H21N5O2/c1-9-4-5-20(8-13(9)21)15(22)17-11-6-12-10(2)18-19(3)14(12)16-7-11/h6-7,9,13,21H,4-5,8H2,1-3H3,(H,17,22). The number of urea groups is 1. The van der Waals surface area contributed by atoms with Crippen LogP contribution in [0.15, 0.2) is 12.3 Å². The van der Waals surface area contributed by atoms with E-state index in [1.54, 1.807) is 15.8 Å². The number of likely N-dealkylation sites (tertiary alicyclic amines) is 1. The lowest BCUT2D eigenvalue weighted by Gasteiger charge is -2.34. The molecular formula is C15H21N5O2. The van der Waals surface area contributed by atoms with Gasteiger partial charge in [0.15, 0.2) is 5.65 Å². The maximum absolute atomic E-state index is 12.3. The molecule has 22 heavy (non-hydrogen) atoms. The summed E-state index contributed by atoms with van der Waals surface area (Å²) in [5.41, 5.74) is 2.31. The molecule has 0 saturated carbocycles. The van der Waals surface area contributed by atoms with Crippen molar-refractivity contribution in [1.82, 2.24) is 19.7 Å². The Labute approximate surface area is 128 Å². The van der Waals surface area contributed by atoms with Gasteiger partial charge in [-0.05, 0) is 25.3 Å². The molecule has 1 saturated heterocycles. The quantitative estimate of drug-likeness (QED) is 0.836. The van der Waals surface area contributed by atoms with Gasteiger partial charge in [0, 0.05) is 25.5 Å². The predicted molar refractivity (Wildman–Crippen MR) is 83.6 cm³/mol. The lowest BCUT2D eigenvalue weighted by molar-refractivity contribution is 0.0464. The van der Waals surface area contributed by atoms with E-state index in [0.29, 0.717) is 18.8 Å². The second-order valence-electron chi connectivity index (χ2n) is 6.01. The van der Waals surface area contributed by atoms with Crippen molar-refractivity contribution in [3.63, 3.8) is 0 Å². The van der Waals surface area contributed by atoms with Crippen molar-refractivity contribution >= 4 is 22.8 Å². The van der Waals surface area contributed by atoms with Crippen molar-refractivity contribution in [2.75, 3.05) is 18.4 Å². The first-order chi connectivity index (χ1) is 10.5. The van der Waals surface area contributed by atoms with E-state index in [-0.39, 0.29) is 11.9 Å². The van der Waals surface area contributed by atoms with E-state index in [2.05, 4.69) is 15.4 Å². The number of aryl methyl sites for hydroxylation is 2. The number of pyridine rings is 1. The van der Waals surface area contributed by atoms with Gasteiger partial charge in [-0.15, -0.1) is 0 Å². The molecule has 7 nitrogen and oxygen atoms in total. The van der Waals surface area contributed by atoms with Gasteiger partial charge in [0.1, 0.15) is 0 Å². The van der Waals surface area contributed by atoms with Crippen molar-refractivity contribution in [3.8, 4) is 0 Å². The minimum Gasteiger partial charge on any atom is -0.391 e. The van der Waals surface area contributed by atoms with Crippen LogP contribution in [-0.2, 0) is 7.05 Å². The van der Waals surface area contributed by atoms with Crippen LogP contribution in [0, 0.1) is 12.8 Å². The molecule has 2 aromatic heterocycles. The van der Waals surface area contributed by atoms with Gasteiger partial charge in [0.2, 0.25) is 0 Å². The Morgan fingerprint density at radius 2 is 2.27 bits per heavy atom. The van der Waals surface area contributed by atoms with E-state index in [1.807, 2.05) is 27.0 Å². The third kappa shape index (κ3) is 2.64. The van der Waals surface area contributed by atoms with Crippen LogP contribution >= 0.6 is 0 Å². The van der Waals surface area contributed by atoms with Gasteiger partial charge in [-0.25, -0.2) is 9.78 Å². The zero-order valence-electron chi connectivity index (χ0n) is 13.1. The number of nitrogens with zero attached hydrogens (tertiary/aromatic N) is 4. The molecule has 2 aromatic rings. The van der Waals surface area contributed by atoms with Crippen molar-refractivity contribution in [2.24, 2.45) is 13.0 Å². The molecule has 1 aliphatic heterocycles. The summed E-state index contributed by atoms with van der Waals surface area (Å²) >= 11 is 0. The predicted octanol–water partition coefficient (Wildman–Crippen LogP) is 1.51. The number of hydrogen-bond donors (Lipinski definition) is 2. The van der Waals surface area contributed by atoms with Crippen LogP contribution in [0.3, 0.4) is 0 Å². The van der Waals surface area contributed by atoms with Crippen LogP contribution in [0.5, 0.6) is 0 Å². The van der Waals surface area contributed by atoms with Gasteiger partial charge in [0.25, 0.3) is 0 Å². The number of carbonyl (C=O) groups is 1. The minimum absolute atomic E-state index is 0.200. The van der Waals surface area contributed by atoms with Crippen molar-refractivity contribution in [3.05, 3.63) is 18.0 Å².